The van der Waals surface area contributed by atoms with Crippen LogP contribution in [0.2, 0.25) is 0 Å². The van der Waals surface area contributed by atoms with Crippen LogP contribution in [0.3, 0.4) is 0 Å². The molecule has 1 rings (SSSR count). The Bertz CT molecular complexity index is 607. The first-order valence-electron chi connectivity index (χ1n) is 8.50. The van der Waals surface area contributed by atoms with Gasteiger partial charge in [-0.1, -0.05) is 30.1 Å². The van der Waals surface area contributed by atoms with E-state index in [1.807, 2.05) is 0 Å². The molecule has 0 aromatic heterocycles. The summed E-state index contributed by atoms with van der Waals surface area (Å²) in [5.74, 6) is 10.1. The molecule has 0 aromatic carbocycles. The zero-order valence-electron chi connectivity index (χ0n) is 15.0. The third-order valence-electron chi connectivity index (χ3n) is 3.68. The van der Waals surface area contributed by atoms with Crippen LogP contribution in [0.4, 0.5) is 0 Å². The molecule has 0 spiro atoms. The van der Waals surface area contributed by atoms with Crippen molar-refractivity contribution in [3.8, 4) is 23.7 Å². The maximum Gasteiger partial charge on any atom is 0.187 e. The Morgan fingerprint density at radius 1 is 1.11 bits per heavy atom. The first kappa shape index (κ1) is 23.3. The van der Waals surface area contributed by atoms with Crippen LogP contribution in [0.15, 0.2) is 24.3 Å². The molecule has 0 saturated carbocycles. The molecule has 1 aliphatic rings. The van der Waals surface area contributed by atoms with Crippen molar-refractivity contribution in [1.82, 2.24) is 0 Å². The maximum absolute atomic E-state index is 10.2. The van der Waals surface area contributed by atoms with E-state index in [1.165, 1.54) is 6.08 Å². The number of aliphatic hydroxyl groups excluding tert-OH is 6. The standard InChI is InChI=1S/C19H26O8/c1-2-3-4-5-6-9-13(22)14(10-7-8-11-20)26-19-18(25)17(24)16(23)15(12-21)27-19/h2-3,7,10,13-25H,8,11-12H2,1H3. The van der Waals surface area contributed by atoms with Crippen molar-refractivity contribution in [3.05, 3.63) is 24.3 Å². The second kappa shape index (κ2) is 12.6. The molecule has 0 amide bonds. The summed E-state index contributed by atoms with van der Waals surface area (Å²) < 4.78 is 10.8. The van der Waals surface area contributed by atoms with Crippen LogP contribution in [0.1, 0.15) is 13.3 Å². The lowest BCUT2D eigenvalue weighted by atomic mass is 9.99. The van der Waals surface area contributed by atoms with Crippen molar-refractivity contribution in [3.63, 3.8) is 0 Å². The van der Waals surface area contributed by atoms with Gasteiger partial charge in [-0.3, -0.25) is 0 Å². The van der Waals surface area contributed by atoms with E-state index in [0.717, 1.165) is 0 Å². The Hall–Kier alpha value is -1.72. The van der Waals surface area contributed by atoms with E-state index in [2.05, 4.69) is 23.7 Å². The highest BCUT2D eigenvalue weighted by molar-refractivity contribution is 5.32. The van der Waals surface area contributed by atoms with Crippen LogP contribution in [-0.2, 0) is 9.47 Å². The fraction of sp³-hybridized carbons (Fsp3) is 0.579. The summed E-state index contributed by atoms with van der Waals surface area (Å²) in [5, 5.41) is 58.0. The zero-order valence-corrected chi connectivity index (χ0v) is 15.0. The van der Waals surface area contributed by atoms with E-state index in [1.54, 1.807) is 25.2 Å². The van der Waals surface area contributed by atoms with Gasteiger partial charge in [-0.2, -0.15) is 0 Å². The van der Waals surface area contributed by atoms with E-state index in [-0.39, 0.29) is 6.61 Å². The van der Waals surface area contributed by atoms with Crippen LogP contribution in [0.25, 0.3) is 0 Å². The predicted octanol–water partition coefficient (Wildman–Crippen LogP) is -1.95. The molecule has 27 heavy (non-hydrogen) atoms. The van der Waals surface area contributed by atoms with Crippen LogP contribution in [0, 0.1) is 23.7 Å². The topological polar surface area (TPSA) is 140 Å². The van der Waals surface area contributed by atoms with Crippen molar-refractivity contribution in [2.75, 3.05) is 13.2 Å². The van der Waals surface area contributed by atoms with Gasteiger partial charge in [-0.05, 0) is 31.3 Å². The first-order valence-corrected chi connectivity index (χ1v) is 8.50. The molecule has 1 heterocycles. The molecule has 150 valence electrons. The lowest BCUT2D eigenvalue weighted by Crippen LogP contribution is -2.60. The number of ether oxygens (including phenoxy) is 2. The van der Waals surface area contributed by atoms with Gasteiger partial charge >= 0.3 is 0 Å². The molecule has 7 atom stereocenters. The molecule has 6 N–H and O–H groups in total. The third-order valence-corrected chi connectivity index (χ3v) is 3.68. The molecule has 0 bridgehead atoms. The lowest BCUT2D eigenvalue weighted by molar-refractivity contribution is -0.311. The van der Waals surface area contributed by atoms with E-state index >= 15 is 0 Å². The third kappa shape index (κ3) is 7.43. The summed E-state index contributed by atoms with van der Waals surface area (Å²) in [6.45, 7) is 1.09. The van der Waals surface area contributed by atoms with Gasteiger partial charge in [0.2, 0.25) is 0 Å². The van der Waals surface area contributed by atoms with Crippen LogP contribution in [0.5, 0.6) is 0 Å². The highest BCUT2D eigenvalue weighted by Gasteiger charge is 2.45. The van der Waals surface area contributed by atoms with E-state index in [4.69, 9.17) is 14.6 Å². The number of allylic oxidation sites excluding steroid dienone is 2. The van der Waals surface area contributed by atoms with Gasteiger partial charge in [0.1, 0.15) is 36.6 Å². The van der Waals surface area contributed by atoms with Gasteiger partial charge in [0, 0.05) is 6.61 Å². The number of hydrogen-bond acceptors (Lipinski definition) is 8. The monoisotopic (exact) mass is 382 g/mol. The summed E-state index contributed by atoms with van der Waals surface area (Å²) >= 11 is 0. The van der Waals surface area contributed by atoms with Gasteiger partial charge in [0.25, 0.3) is 0 Å². The SMILES string of the molecule is CC=CC#CC#CC(O)C(C=CCCO)OC1OC(CO)C(O)C(O)C1O. The number of rotatable bonds is 7. The predicted molar refractivity (Wildman–Crippen MR) is 95.9 cm³/mol. The minimum Gasteiger partial charge on any atom is -0.396 e. The molecule has 0 radical (unpaired) electrons. The van der Waals surface area contributed by atoms with Crippen LogP contribution >= 0.6 is 0 Å². The van der Waals surface area contributed by atoms with Crippen molar-refractivity contribution in [2.45, 2.75) is 56.3 Å². The maximum atomic E-state index is 10.2. The minimum atomic E-state index is -1.61. The molecule has 1 aliphatic heterocycles. The quantitative estimate of drug-likeness (QED) is 0.221. The lowest BCUT2D eigenvalue weighted by Gasteiger charge is -2.40. The molecule has 1 fully saturated rings. The Morgan fingerprint density at radius 2 is 1.85 bits per heavy atom. The van der Waals surface area contributed by atoms with Crippen molar-refractivity contribution in [2.24, 2.45) is 0 Å². The molecule has 0 aliphatic carbocycles. The molecular weight excluding hydrogens is 356 g/mol. The van der Waals surface area contributed by atoms with E-state index < -0.39 is 49.5 Å². The normalized spacial score (nSPS) is 30.4. The van der Waals surface area contributed by atoms with Gasteiger partial charge in [-0.15, -0.1) is 0 Å². The van der Waals surface area contributed by atoms with Crippen molar-refractivity contribution < 1.29 is 40.1 Å². The first-order chi connectivity index (χ1) is 13.0. The number of hydrogen-bond donors (Lipinski definition) is 6. The average molecular weight is 382 g/mol. The second-order valence-corrected chi connectivity index (χ2v) is 5.72. The van der Waals surface area contributed by atoms with Gasteiger partial charge in [0.15, 0.2) is 6.29 Å². The molecular formula is C19H26O8. The minimum absolute atomic E-state index is 0.111. The zero-order chi connectivity index (χ0) is 20.2. The molecule has 7 unspecified atom stereocenters. The summed E-state index contributed by atoms with van der Waals surface area (Å²) in [4.78, 5) is 0. The van der Waals surface area contributed by atoms with Crippen LogP contribution < -0.4 is 0 Å². The highest BCUT2D eigenvalue weighted by atomic mass is 16.7. The van der Waals surface area contributed by atoms with Crippen molar-refractivity contribution in [1.29, 1.82) is 0 Å². The van der Waals surface area contributed by atoms with Gasteiger partial charge in [-0.25, -0.2) is 0 Å². The molecule has 8 heteroatoms. The van der Waals surface area contributed by atoms with Crippen molar-refractivity contribution >= 4 is 0 Å². The smallest absolute Gasteiger partial charge is 0.187 e. The van der Waals surface area contributed by atoms with Gasteiger partial charge in [0.05, 0.1) is 6.61 Å². The summed E-state index contributed by atoms with van der Waals surface area (Å²) in [6, 6.07) is 0. The summed E-state index contributed by atoms with van der Waals surface area (Å²) in [6.07, 6.45) is -3.10. The fourth-order valence-electron chi connectivity index (χ4n) is 2.22. The molecule has 8 nitrogen and oxygen atoms in total. The van der Waals surface area contributed by atoms with Crippen LogP contribution in [-0.4, -0.2) is 86.8 Å². The molecule has 0 aromatic rings. The Morgan fingerprint density at radius 3 is 2.48 bits per heavy atom. The van der Waals surface area contributed by atoms with E-state index in [9.17, 15) is 25.5 Å². The average Bonchev–Trinajstić information content (AvgIpc) is 2.67. The summed E-state index contributed by atoms with van der Waals surface area (Å²) in [7, 11) is 0. The highest BCUT2D eigenvalue weighted by Crippen LogP contribution is 2.23. The Balaban J connectivity index is 2.91. The second-order valence-electron chi connectivity index (χ2n) is 5.72. The Labute approximate surface area is 158 Å². The van der Waals surface area contributed by atoms with Gasteiger partial charge < -0.3 is 40.1 Å². The molecule has 1 saturated heterocycles. The fourth-order valence-corrected chi connectivity index (χ4v) is 2.22. The Kier molecular flexibility index (Phi) is 10.9. The van der Waals surface area contributed by atoms with E-state index in [0.29, 0.717) is 6.42 Å². The summed E-state index contributed by atoms with van der Waals surface area (Å²) in [5.41, 5.74) is 0. The largest absolute Gasteiger partial charge is 0.396 e. The number of aliphatic hydroxyl groups is 6.